The van der Waals surface area contributed by atoms with Gasteiger partial charge in [0.25, 0.3) is 0 Å². The second-order valence-electron chi connectivity index (χ2n) is 8.10. The van der Waals surface area contributed by atoms with Gasteiger partial charge in [-0.2, -0.15) is 0 Å². The summed E-state index contributed by atoms with van der Waals surface area (Å²) in [5, 5.41) is 0. The average Bonchev–Trinajstić information content (AvgIpc) is 2.69. The van der Waals surface area contributed by atoms with E-state index in [4.69, 9.17) is 10.5 Å². The Balaban J connectivity index is 1.79. The Hall–Kier alpha value is -1.51. The molecule has 160 valence electrons. The van der Waals surface area contributed by atoms with Crippen LogP contribution >= 0.6 is 0 Å². The number of benzene rings is 1. The Kier molecular flexibility index (Phi) is 15.4. The Morgan fingerprint density at radius 1 is 0.679 bits per heavy atom. The molecule has 0 unspecified atom stereocenters. The number of rotatable bonds is 18. The van der Waals surface area contributed by atoms with Gasteiger partial charge in [-0.05, 0) is 30.7 Å². The van der Waals surface area contributed by atoms with Crippen LogP contribution in [0.15, 0.2) is 24.3 Å². The third kappa shape index (κ3) is 14.5. The summed E-state index contributed by atoms with van der Waals surface area (Å²) in [5.41, 5.74) is 6.30. The maximum absolute atomic E-state index is 11.8. The molecule has 3 nitrogen and oxygen atoms in total. The number of hydrogen-bond donors (Lipinski definition) is 1. The molecule has 1 aromatic carbocycles. The fourth-order valence-corrected chi connectivity index (χ4v) is 3.54. The van der Waals surface area contributed by atoms with Crippen LogP contribution in [0.4, 0.5) is 5.69 Å². The number of nitrogen functional groups attached to an aromatic ring is 1. The van der Waals surface area contributed by atoms with Crippen molar-refractivity contribution in [2.45, 2.75) is 116 Å². The molecule has 0 aromatic heterocycles. The molecule has 0 heterocycles. The summed E-state index contributed by atoms with van der Waals surface area (Å²) < 4.78 is 5.30. The van der Waals surface area contributed by atoms with Gasteiger partial charge in [0.05, 0.1) is 0 Å². The Labute approximate surface area is 173 Å². The Morgan fingerprint density at radius 2 is 1.07 bits per heavy atom. The molecule has 0 aliphatic carbocycles. The number of esters is 1. The van der Waals surface area contributed by atoms with E-state index in [-0.39, 0.29) is 5.97 Å². The fraction of sp³-hybridized carbons (Fsp3) is 0.720. The van der Waals surface area contributed by atoms with Gasteiger partial charge in [0.1, 0.15) is 5.75 Å². The monoisotopic (exact) mass is 389 g/mol. The van der Waals surface area contributed by atoms with Gasteiger partial charge in [-0.1, -0.05) is 103 Å². The summed E-state index contributed by atoms with van der Waals surface area (Å²) in [4.78, 5) is 11.8. The first kappa shape index (κ1) is 24.5. The molecule has 1 aromatic rings. The quantitative estimate of drug-likeness (QED) is 0.120. The van der Waals surface area contributed by atoms with Crippen LogP contribution in [-0.2, 0) is 4.79 Å². The van der Waals surface area contributed by atoms with Crippen molar-refractivity contribution in [1.82, 2.24) is 0 Å². The predicted octanol–water partition coefficient (Wildman–Crippen LogP) is 7.83. The molecule has 1 rings (SSSR count). The third-order valence-electron chi connectivity index (χ3n) is 5.35. The van der Waals surface area contributed by atoms with E-state index in [0.29, 0.717) is 17.9 Å². The van der Waals surface area contributed by atoms with Gasteiger partial charge in [-0.15, -0.1) is 0 Å². The standard InChI is InChI=1S/C25H43NO2/c1-2-3-4-5-6-7-8-9-10-11-12-13-14-15-16-17-18-25(27)28-24-21-19-23(26)20-22-24/h19-22H,2-18,26H2,1H3. The summed E-state index contributed by atoms with van der Waals surface area (Å²) in [7, 11) is 0. The van der Waals surface area contributed by atoms with Crippen LogP contribution in [-0.4, -0.2) is 5.97 Å². The second-order valence-corrected chi connectivity index (χ2v) is 8.10. The van der Waals surface area contributed by atoms with E-state index in [1.807, 2.05) is 0 Å². The summed E-state index contributed by atoms with van der Waals surface area (Å²) >= 11 is 0. The highest BCUT2D eigenvalue weighted by atomic mass is 16.5. The number of carbonyl (C=O) groups is 1. The zero-order chi connectivity index (χ0) is 20.3. The zero-order valence-electron chi connectivity index (χ0n) is 18.2. The van der Waals surface area contributed by atoms with E-state index in [0.717, 1.165) is 12.8 Å². The molecule has 0 amide bonds. The lowest BCUT2D eigenvalue weighted by Gasteiger charge is -2.05. The van der Waals surface area contributed by atoms with Gasteiger partial charge in [-0.3, -0.25) is 4.79 Å². The van der Waals surface area contributed by atoms with Crippen molar-refractivity contribution in [2.24, 2.45) is 0 Å². The van der Waals surface area contributed by atoms with Crippen molar-refractivity contribution in [3.05, 3.63) is 24.3 Å². The van der Waals surface area contributed by atoms with Crippen LogP contribution in [0, 0.1) is 0 Å². The number of hydrogen-bond acceptors (Lipinski definition) is 3. The van der Waals surface area contributed by atoms with E-state index in [1.165, 1.54) is 89.9 Å². The zero-order valence-corrected chi connectivity index (χ0v) is 18.2. The Morgan fingerprint density at radius 3 is 1.50 bits per heavy atom. The average molecular weight is 390 g/mol. The van der Waals surface area contributed by atoms with Crippen molar-refractivity contribution in [3.8, 4) is 5.75 Å². The lowest BCUT2D eigenvalue weighted by molar-refractivity contribution is -0.134. The summed E-state index contributed by atoms with van der Waals surface area (Å²) in [6.45, 7) is 2.28. The maximum atomic E-state index is 11.8. The van der Waals surface area contributed by atoms with E-state index in [9.17, 15) is 4.79 Å². The molecule has 0 fully saturated rings. The highest BCUT2D eigenvalue weighted by Gasteiger charge is 2.04. The minimum absolute atomic E-state index is 0.143. The number of carbonyl (C=O) groups excluding carboxylic acids is 1. The number of unbranched alkanes of at least 4 members (excludes halogenated alkanes) is 15. The van der Waals surface area contributed by atoms with Crippen LogP contribution < -0.4 is 10.5 Å². The molecule has 0 saturated carbocycles. The molecule has 0 bridgehead atoms. The largest absolute Gasteiger partial charge is 0.427 e. The first-order valence-corrected chi connectivity index (χ1v) is 11.8. The number of nitrogens with two attached hydrogens (primary N) is 1. The molecule has 0 aliphatic rings. The van der Waals surface area contributed by atoms with E-state index >= 15 is 0 Å². The van der Waals surface area contributed by atoms with E-state index < -0.39 is 0 Å². The molecule has 3 heteroatoms. The summed E-state index contributed by atoms with van der Waals surface area (Å²) in [6.07, 6.45) is 21.9. The first-order chi connectivity index (χ1) is 13.7. The molecule has 0 saturated heterocycles. The second kappa shape index (κ2) is 17.6. The van der Waals surface area contributed by atoms with Crippen molar-refractivity contribution < 1.29 is 9.53 Å². The molecule has 0 atom stereocenters. The molecule has 0 radical (unpaired) electrons. The van der Waals surface area contributed by atoms with Crippen LogP contribution in [0.3, 0.4) is 0 Å². The Bertz CT molecular complexity index is 484. The van der Waals surface area contributed by atoms with Gasteiger partial charge < -0.3 is 10.5 Å². The van der Waals surface area contributed by atoms with Crippen molar-refractivity contribution in [2.75, 3.05) is 5.73 Å². The first-order valence-electron chi connectivity index (χ1n) is 11.8. The van der Waals surface area contributed by atoms with Crippen LogP contribution in [0.25, 0.3) is 0 Å². The third-order valence-corrected chi connectivity index (χ3v) is 5.35. The van der Waals surface area contributed by atoms with Gasteiger partial charge in [0.15, 0.2) is 0 Å². The normalized spacial score (nSPS) is 10.9. The molecule has 0 spiro atoms. The van der Waals surface area contributed by atoms with E-state index in [2.05, 4.69) is 6.92 Å². The smallest absolute Gasteiger partial charge is 0.311 e. The molecule has 0 aliphatic heterocycles. The molecular formula is C25H43NO2. The van der Waals surface area contributed by atoms with Crippen LogP contribution in [0.2, 0.25) is 0 Å². The minimum atomic E-state index is -0.143. The lowest BCUT2D eigenvalue weighted by atomic mass is 10.0. The topological polar surface area (TPSA) is 52.3 Å². The highest BCUT2D eigenvalue weighted by Crippen LogP contribution is 2.16. The van der Waals surface area contributed by atoms with Gasteiger partial charge in [0, 0.05) is 12.1 Å². The van der Waals surface area contributed by atoms with Crippen molar-refractivity contribution >= 4 is 11.7 Å². The fourth-order valence-electron chi connectivity index (χ4n) is 3.54. The van der Waals surface area contributed by atoms with Crippen molar-refractivity contribution in [1.29, 1.82) is 0 Å². The van der Waals surface area contributed by atoms with Gasteiger partial charge in [-0.25, -0.2) is 0 Å². The van der Waals surface area contributed by atoms with Crippen molar-refractivity contribution in [3.63, 3.8) is 0 Å². The van der Waals surface area contributed by atoms with Gasteiger partial charge >= 0.3 is 5.97 Å². The molecule has 28 heavy (non-hydrogen) atoms. The van der Waals surface area contributed by atoms with E-state index in [1.54, 1.807) is 24.3 Å². The minimum Gasteiger partial charge on any atom is -0.427 e. The molecule has 2 N–H and O–H groups in total. The summed E-state index contributed by atoms with van der Waals surface area (Å²) in [5.74, 6) is 0.436. The van der Waals surface area contributed by atoms with Crippen LogP contribution in [0.5, 0.6) is 5.75 Å². The SMILES string of the molecule is CCCCCCCCCCCCCCCCCCC(=O)Oc1ccc(N)cc1. The highest BCUT2D eigenvalue weighted by molar-refractivity contribution is 5.72. The summed E-state index contributed by atoms with van der Waals surface area (Å²) in [6, 6.07) is 6.97. The predicted molar refractivity (Wildman–Crippen MR) is 121 cm³/mol. The van der Waals surface area contributed by atoms with Crippen LogP contribution in [0.1, 0.15) is 116 Å². The number of ether oxygens (including phenoxy) is 1. The van der Waals surface area contributed by atoms with Gasteiger partial charge in [0.2, 0.25) is 0 Å². The molecular weight excluding hydrogens is 346 g/mol. The number of anilines is 1. The maximum Gasteiger partial charge on any atom is 0.311 e. The lowest BCUT2D eigenvalue weighted by Crippen LogP contribution is -2.07.